The molecule has 0 aliphatic rings. The summed E-state index contributed by atoms with van der Waals surface area (Å²) in [6, 6.07) is 27.0. The van der Waals surface area contributed by atoms with E-state index in [1.165, 1.54) is 6.92 Å². The molecule has 0 saturated carbocycles. The number of esters is 1. The van der Waals surface area contributed by atoms with Crippen molar-refractivity contribution in [1.82, 2.24) is 0 Å². The van der Waals surface area contributed by atoms with Gasteiger partial charge in [-0.3, -0.25) is 4.79 Å². The molecule has 0 aromatic heterocycles. The van der Waals surface area contributed by atoms with Crippen LogP contribution in [0.5, 0.6) is 0 Å². The van der Waals surface area contributed by atoms with Gasteiger partial charge in [-0.15, -0.1) is 0 Å². The average Bonchev–Trinajstić information content (AvgIpc) is 2.71. The summed E-state index contributed by atoms with van der Waals surface area (Å²) in [5, 5.41) is 0. The van der Waals surface area contributed by atoms with E-state index in [9.17, 15) is 4.79 Å². The lowest BCUT2D eigenvalue weighted by Gasteiger charge is -2.13. The van der Waals surface area contributed by atoms with Crippen molar-refractivity contribution in [2.75, 3.05) is 0 Å². The number of ether oxygens (including phenoxy) is 1. The maximum atomic E-state index is 11.6. The Kier molecular flexibility index (Phi) is 6.08. The molecule has 0 saturated heterocycles. The molecule has 3 rings (SSSR count). The van der Waals surface area contributed by atoms with Gasteiger partial charge in [-0.25, -0.2) is 0 Å². The van der Waals surface area contributed by atoms with E-state index in [1.807, 2.05) is 84.9 Å². The van der Waals surface area contributed by atoms with Gasteiger partial charge >= 0.3 is 5.97 Å². The van der Waals surface area contributed by atoms with Gasteiger partial charge < -0.3 is 4.74 Å². The lowest BCUT2D eigenvalue weighted by Crippen LogP contribution is -2.08. The topological polar surface area (TPSA) is 26.3 Å². The molecule has 1 atom stereocenters. The molecule has 0 spiro atoms. The second-order valence-electron chi connectivity index (χ2n) is 5.83. The van der Waals surface area contributed by atoms with E-state index in [-0.39, 0.29) is 5.97 Å². The fraction of sp³-hybridized carbons (Fsp3) is 0.0800. The molecule has 130 valence electrons. The minimum Gasteiger partial charge on any atom is -0.444 e. The zero-order valence-electron chi connectivity index (χ0n) is 15.0. The maximum Gasteiger partial charge on any atom is 0.304 e. The molecule has 2 heteroatoms. The lowest BCUT2D eigenvalue weighted by atomic mass is 10.0. The van der Waals surface area contributed by atoms with Gasteiger partial charge in [-0.1, -0.05) is 72.4 Å². The van der Waals surface area contributed by atoms with Crippen LogP contribution >= 0.6 is 0 Å². The molecule has 27 heavy (non-hydrogen) atoms. The molecule has 0 fully saturated rings. The van der Waals surface area contributed by atoms with Crippen molar-refractivity contribution >= 4 is 5.97 Å². The van der Waals surface area contributed by atoms with E-state index in [0.717, 1.165) is 22.3 Å². The van der Waals surface area contributed by atoms with E-state index in [1.54, 1.807) is 0 Å². The first kappa shape index (κ1) is 18.1. The number of carbonyl (C=O) groups is 1. The molecule has 3 aromatic rings. The van der Waals surface area contributed by atoms with Crippen LogP contribution in [0, 0.1) is 23.7 Å². The first-order valence-corrected chi connectivity index (χ1v) is 8.62. The smallest absolute Gasteiger partial charge is 0.304 e. The predicted molar refractivity (Wildman–Crippen MR) is 107 cm³/mol. The van der Waals surface area contributed by atoms with Gasteiger partial charge in [0.2, 0.25) is 0 Å². The van der Waals surface area contributed by atoms with Crippen LogP contribution in [0.15, 0.2) is 84.9 Å². The van der Waals surface area contributed by atoms with Crippen LogP contribution in [0.3, 0.4) is 0 Å². The number of carbonyl (C=O) groups excluding carboxylic acids is 1. The summed E-state index contributed by atoms with van der Waals surface area (Å²) in [6.45, 7) is 1.38. The van der Waals surface area contributed by atoms with Crippen molar-refractivity contribution in [3.63, 3.8) is 0 Å². The van der Waals surface area contributed by atoms with Gasteiger partial charge in [-0.05, 0) is 36.3 Å². The minimum absolute atomic E-state index is 0.381. The minimum atomic E-state index is -0.677. The van der Waals surface area contributed by atoms with Crippen molar-refractivity contribution in [3.8, 4) is 23.7 Å². The third kappa shape index (κ3) is 5.36. The van der Waals surface area contributed by atoms with Gasteiger partial charge in [0.25, 0.3) is 0 Å². The van der Waals surface area contributed by atoms with E-state index < -0.39 is 6.10 Å². The molecule has 3 aromatic carbocycles. The summed E-state index contributed by atoms with van der Waals surface area (Å²) < 4.78 is 5.47. The van der Waals surface area contributed by atoms with Crippen LogP contribution in [-0.4, -0.2) is 5.97 Å². The molecule has 1 unspecified atom stereocenters. The number of hydrogen-bond donors (Lipinski definition) is 0. The van der Waals surface area contributed by atoms with Crippen LogP contribution < -0.4 is 0 Å². The zero-order chi connectivity index (χ0) is 18.9. The largest absolute Gasteiger partial charge is 0.444 e. The summed E-state index contributed by atoms with van der Waals surface area (Å²) in [4.78, 5) is 11.6. The third-order valence-electron chi connectivity index (χ3n) is 3.76. The highest BCUT2D eigenvalue weighted by molar-refractivity contribution is 5.67. The molecular weight excluding hydrogens is 332 g/mol. The van der Waals surface area contributed by atoms with Crippen LogP contribution in [0.2, 0.25) is 0 Å². The molecule has 0 amide bonds. The van der Waals surface area contributed by atoms with Crippen molar-refractivity contribution in [1.29, 1.82) is 0 Å². The summed E-state index contributed by atoms with van der Waals surface area (Å²) in [7, 11) is 0. The Bertz CT molecular complexity index is 1030. The summed E-state index contributed by atoms with van der Waals surface area (Å²) in [5.74, 6) is 12.1. The van der Waals surface area contributed by atoms with Gasteiger partial charge in [0.05, 0.1) is 0 Å². The molecular formula is C25H18O2. The molecule has 0 heterocycles. The van der Waals surface area contributed by atoms with E-state index in [0.29, 0.717) is 0 Å². The Labute approximate surface area is 159 Å². The summed E-state index contributed by atoms with van der Waals surface area (Å²) >= 11 is 0. The first-order valence-electron chi connectivity index (χ1n) is 8.62. The Hall–Kier alpha value is -3.75. The standard InChI is InChI=1S/C25H18O2/c1-20(26)27-25(19-17-22-12-6-3-7-13-22)24-15-9-8-14-23(24)18-16-21-10-4-2-5-11-21/h2-15,25H,1H3. The maximum absolute atomic E-state index is 11.6. The summed E-state index contributed by atoms with van der Waals surface area (Å²) in [6.07, 6.45) is -0.677. The predicted octanol–water partition coefficient (Wildman–Crippen LogP) is 4.74. The average molecular weight is 350 g/mol. The highest BCUT2D eigenvalue weighted by Crippen LogP contribution is 2.21. The highest BCUT2D eigenvalue weighted by Gasteiger charge is 2.15. The van der Waals surface area contributed by atoms with Crippen LogP contribution in [-0.2, 0) is 9.53 Å². The van der Waals surface area contributed by atoms with Crippen molar-refractivity contribution in [2.24, 2.45) is 0 Å². The van der Waals surface area contributed by atoms with E-state index in [2.05, 4.69) is 23.7 Å². The second kappa shape index (κ2) is 9.09. The van der Waals surface area contributed by atoms with Gasteiger partial charge in [0, 0.05) is 29.2 Å². The quantitative estimate of drug-likeness (QED) is 0.493. The van der Waals surface area contributed by atoms with Crippen molar-refractivity contribution < 1.29 is 9.53 Å². The molecule has 0 radical (unpaired) electrons. The normalized spacial score (nSPS) is 10.6. The Morgan fingerprint density at radius 2 is 1.30 bits per heavy atom. The van der Waals surface area contributed by atoms with Crippen molar-refractivity contribution in [3.05, 3.63) is 107 Å². The van der Waals surface area contributed by atoms with E-state index in [4.69, 9.17) is 4.74 Å². The Balaban J connectivity index is 1.97. The third-order valence-corrected chi connectivity index (χ3v) is 3.76. The molecule has 0 bridgehead atoms. The monoisotopic (exact) mass is 350 g/mol. The fourth-order valence-corrected chi connectivity index (χ4v) is 2.51. The SMILES string of the molecule is CC(=O)OC(C#Cc1ccccc1)c1ccccc1C#Cc1ccccc1. The van der Waals surface area contributed by atoms with Gasteiger partial charge in [0.1, 0.15) is 0 Å². The van der Waals surface area contributed by atoms with Crippen molar-refractivity contribution in [2.45, 2.75) is 13.0 Å². The van der Waals surface area contributed by atoms with Gasteiger partial charge in [-0.2, -0.15) is 0 Å². The molecule has 2 nitrogen and oxygen atoms in total. The Morgan fingerprint density at radius 1 is 0.741 bits per heavy atom. The molecule has 0 aliphatic carbocycles. The van der Waals surface area contributed by atoms with Crippen LogP contribution in [0.4, 0.5) is 0 Å². The number of rotatable bonds is 2. The van der Waals surface area contributed by atoms with Gasteiger partial charge in [0.15, 0.2) is 6.10 Å². The van der Waals surface area contributed by atoms with Crippen LogP contribution in [0.25, 0.3) is 0 Å². The molecule has 0 aliphatic heterocycles. The first-order chi connectivity index (χ1) is 13.2. The van der Waals surface area contributed by atoms with Crippen LogP contribution in [0.1, 0.15) is 35.3 Å². The second-order valence-corrected chi connectivity index (χ2v) is 5.83. The fourth-order valence-electron chi connectivity index (χ4n) is 2.51. The Morgan fingerprint density at radius 3 is 1.93 bits per heavy atom. The lowest BCUT2D eigenvalue weighted by molar-refractivity contribution is -0.144. The zero-order valence-corrected chi connectivity index (χ0v) is 15.0. The molecule has 0 N–H and O–H groups in total. The van der Waals surface area contributed by atoms with E-state index >= 15 is 0 Å². The number of benzene rings is 3. The number of hydrogen-bond acceptors (Lipinski definition) is 2. The summed E-state index contributed by atoms with van der Waals surface area (Å²) in [5.41, 5.74) is 3.35. The highest BCUT2D eigenvalue weighted by atomic mass is 16.5.